The van der Waals surface area contributed by atoms with Crippen LogP contribution >= 0.6 is 11.3 Å². The smallest absolute Gasteiger partial charge is 0.189 e. The van der Waals surface area contributed by atoms with Gasteiger partial charge in [-0.1, -0.05) is 48.5 Å². The summed E-state index contributed by atoms with van der Waals surface area (Å²) in [5.74, 6) is 0. The number of nitriles is 1. The lowest BCUT2D eigenvalue weighted by Gasteiger charge is -2.13. The van der Waals surface area contributed by atoms with Crippen LogP contribution in [0.1, 0.15) is 5.56 Å². The molecular formula is C39H20N4S. The first-order chi connectivity index (χ1) is 21.6. The molecule has 0 aliphatic heterocycles. The van der Waals surface area contributed by atoms with Crippen molar-refractivity contribution < 1.29 is 0 Å². The first kappa shape index (κ1) is 25.5. The SMILES string of the molecule is [C-]#[N+]c1cc(-c2cccc(-c3ccc4sc5ccccc5c4c3)c2)cc(-n2c3ccc(C#N)cc3c3cc([N+]#[C-])ccc32)c1. The molecule has 0 spiro atoms. The van der Waals surface area contributed by atoms with Crippen molar-refractivity contribution >= 4 is 64.7 Å². The number of thiophene rings is 1. The zero-order valence-corrected chi connectivity index (χ0v) is 24.1. The van der Waals surface area contributed by atoms with Crippen LogP contribution in [0.5, 0.6) is 0 Å². The van der Waals surface area contributed by atoms with Crippen molar-refractivity contribution in [3.05, 3.63) is 150 Å². The van der Waals surface area contributed by atoms with Crippen molar-refractivity contribution in [2.24, 2.45) is 0 Å². The third-order valence-electron chi connectivity index (χ3n) is 8.20. The van der Waals surface area contributed by atoms with Gasteiger partial charge in [0.25, 0.3) is 0 Å². The van der Waals surface area contributed by atoms with Crippen molar-refractivity contribution in [3.8, 4) is 34.0 Å². The Balaban J connectivity index is 1.30. The van der Waals surface area contributed by atoms with Gasteiger partial charge in [0.15, 0.2) is 11.4 Å². The molecule has 0 bridgehead atoms. The maximum atomic E-state index is 9.58. The molecule has 0 saturated carbocycles. The van der Waals surface area contributed by atoms with Crippen molar-refractivity contribution in [1.82, 2.24) is 4.57 Å². The van der Waals surface area contributed by atoms with Crippen molar-refractivity contribution in [2.45, 2.75) is 0 Å². The van der Waals surface area contributed by atoms with E-state index in [-0.39, 0.29) is 0 Å². The van der Waals surface area contributed by atoms with E-state index in [0.29, 0.717) is 16.9 Å². The molecule has 202 valence electrons. The zero-order chi connectivity index (χ0) is 29.8. The second kappa shape index (κ2) is 9.97. The van der Waals surface area contributed by atoms with Crippen molar-refractivity contribution in [1.29, 1.82) is 5.26 Å². The molecule has 0 radical (unpaired) electrons. The van der Waals surface area contributed by atoms with Crippen LogP contribution in [0.25, 0.3) is 79.6 Å². The monoisotopic (exact) mass is 576 g/mol. The summed E-state index contributed by atoms with van der Waals surface area (Å²) in [4.78, 5) is 7.47. The number of fused-ring (bicyclic) bond motifs is 6. The first-order valence-corrected chi connectivity index (χ1v) is 14.9. The molecule has 0 fully saturated rings. The van der Waals surface area contributed by atoms with Crippen LogP contribution < -0.4 is 0 Å². The molecule has 8 rings (SSSR count). The molecule has 0 N–H and O–H groups in total. The fourth-order valence-corrected chi connectivity index (χ4v) is 7.25. The molecule has 6 aromatic carbocycles. The molecule has 2 aromatic heterocycles. The van der Waals surface area contributed by atoms with E-state index in [1.807, 2.05) is 59.9 Å². The lowest BCUT2D eigenvalue weighted by Crippen LogP contribution is -1.94. The molecule has 2 heterocycles. The van der Waals surface area contributed by atoms with Gasteiger partial charge in [-0.3, -0.25) is 0 Å². The summed E-state index contributed by atoms with van der Waals surface area (Å²) < 4.78 is 4.69. The van der Waals surface area contributed by atoms with E-state index in [9.17, 15) is 5.26 Å². The number of rotatable bonds is 3. The Hall–Kier alpha value is -6.19. The number of hydrogen-bond donors (Lipinski definition) is 0. The fourth-order valence-electron chi connectivity index (χ4n) is 6.17. The molecule has 0 aliphatic carbocycles. The summed E-state index contributed by atoms with van der Waals surface area (Å²) in [5, 5.41) is 13.9. The zero-order valence-electron chi connectivity index (χ0n) is 23.2. The van der Waals surface area contributed by atoms with Gasteiger partial charge in [-0.05, 0) is 100 Å². The molecule has 8 aromatic rings. The van der Waals surface area contributed by atoms with Crippen LogP contribution in [0, 0.1) is 24.5 Å². The predicted octanol–water partition coefficient (Wildman–Crippen LogP) is 11.5. The summed E-state index contributed by atoms with van der Waals surface area (Å²) in [6, 6.07) is 43.1. The van der Waals surface area contributed by atoms with Crippen LogP contribution in [0.2, 0.25) is 0 Å². The normalized spacial score (nSPS) is 11.1. The summed E-state index contributed by atoms with van der Waals surface area (Å²) in [7, 11) is 0. The van der Waals surface area contributed by atoms with Crippen molar-refractivity contribution in [2.75, 3.05) is 0 Å². The van der Waals surface area contributed by atoms with Crippen LogP contribution in [-0.2, 0) is 0 Å². The van der Waals surface area contributed by atoms with E-state index in [2.05, 4.69) is 93.1 Å². The second-order valence-electron chi connectivity index (χ2n) is 10.7. The third-order valence-corrected chi connectivity index (χ3v) is 9.35. The minimum Gasteiger partial charge on any atom is -0.311 e. The van der Waals surface area contributed by atoms with Gasteiger partial charge in [0.1, 0.15) is 0 Å². The van der Waals surface area contributed by atoms with Crippen LogP contribution in [-0.4, -0.2) is 4.57 Å². The van der Waals surface area contributed by atoms with E-state index >= 15 is 0 Å². The van der Waals surface area contributed by atoms with Gasteiger partial charge in [0.05, 0.1) is 35.8 Å². The molecular weight excluding hydrogens is 557 g/mol. The van der Waals surface area contributed by atoms with E-state index in [1.165, 1.54) is 20.2 Å². The first-order valence-electron chi connectivity index (χ1n) is 14.0. The Morgan fingerprint density at radius 1 is 0.545 bits per heavy atom. The highest BCUT2D eigenvalue weighted by Gasteiger charge is 2.16. The molecule has 44 heavy (non-hydrogen) atoms. The average Bonchev–Trinajstić information content (AvgIpc) is 3.62. The summed E-state index contributed by atoms with van der Waals surface area (Å²) in [6.07, 6.45) is 0. The van der Waals surface area contributed by atoms with Gasteiger partial charge >= 0.3 is 0 Å². The largest absolute Gasteiger partial charge is 0.311 e. The van der Waals surface area contributed by atoms with Crippen molar-refractivity contribution in [3.63, 3.8) is 0 Å². The quantitative estimate of drug-likeness (QED) is 0.193. The maximum absolute atomic E-state index is 9.58. The Kier molecular flexibility index (Phi) is 5.78. The predicted molar refractivity (Wildman–Crippen MR) is 182 cm³/mol. The Labute approximate surface area is 257 Å². The molecule has 0 aliphatic rings. The highest BCUT2D eigenvalue weighted by Crippen LogP contribution is 2.39. The molecule has 4 nitrogen and oxygen atoms in total. The van der Waals surface area contributed by atoms with Crippen LogP contribution in [0.4, 0.5) is 11.4 Å². The standard InChI is InChI=1S/C39H20N4S/c1-41-29-12-14-37-34(22-29)33-16-24(23-40)10-13-36(33)43(37)31-19-28(18-30(21-31)42-2)26-7-5-6-25(17-26)27-11-15-39-35(20-27)32-8-3-4-9-38(32)44-39/h3-22H. The van der Waals surface area contributed by atoms with Crippen LogP contribution in [0.15, 0.2) is 121 Å². The van der Waals surface area contributed by atoms with Gasteiger partial charge in [-0.25, -0.2) is 9.69 Å². The molecule has 0 unspecified atom stereocenters. The minimum absolute atomic E-state index is 0.537. The highest BCUT2D eigenvalue weighted by molar-refractivity contribution is 7.25. The number of nitrogens with zero attached hydrogens (tertiary/aromatic N) is 4. The Morgan fingerprint density at radius 2 is 1.27 bits per heavy atom. The van der Waals surface area contributed by atoms with E-state index in [4.69, 9.17) is 13.1 Å². The molecule has 0 saturated heterocycles. The van der Waals surface area contributed by atoms with Gasteiger partial charge in [0, 0.05) is 31.2 Å². The number of hydrogen-bond acceptors (Lipinski definition) is 2. The summed E-state index contributed by atoms with van der Waals surface area (Å²) in [5.41, 5.74) is 8.55. The Morgan fingerprint density at radius 3 is 2.09 bits per heavy atom. The lowest BCUT2D eigenvalue weighted by atomic mass is 9.97. The van der Waals surface area contributed by atoms with E-state index < -0.39 is 0 Å². The molecule has 5 heteroatoms. The second-order valence-corrected chi connectivity index (χ2v) is 11.8. The van der Waals surface area contributed by atoms with Gasteiger partial charge in [-0.15, -0.1) is 11.3 Å². The molecule has 0 amide bonds. The topological polar surface area (TPSA) is 37.4 Å². The minimum atomic E-state index is 0.537. The fraction of sp³-hybridized carbons (Fsp3) is 0. The number of benzene rings is 6. The summed E-state index contributed by atoms with van der Waals surface area (Å²) >= 11 is 1.81. The summed E-state index contributed by atoms with van der Waals surface area (Å²) in [6.45, 7) is 15.4. The number of aromatic nitrogens is 1. The third kappa shape index (κ3) is 4.03. The lowest BCUT2D eigenvalue weighted by molar-refractivity contribution is 1.18. The molecule has 0 atom stereocenters. The van der Waals surface area contributed by atoms with E-state index in [1.54, 1.807) is 0 Å². The van der Waals surface area contributed by atoms with E-state index in [0.717, 1.165) is 49.7 Å². The average molecular weight is 577 g/mol. The van der Waals surface area contributed by atoms with Gasteiger partial charge in [0.2, 0.25) is 0 Å². The maximum Gasteiger partial charge on any atom is 0.189 e. The van der Waals surface area contributed by atoms with Gasteiger partial charge < -0.3 is 4.57 Å². The van der Waals surface area contributed by atoms with Crippen LogP contribution in [0.3, 0.4) is 0 Å². The van der Waals surface area contributed by atoms with Gasteiger partial charge in [-0.2, -0.15) is 5.26 Å². The Bertz CT molecular complexity index is 2530. The highest BCUT2D eigenvalue weighted by atomic mass is 32.1.